The van der Waals surface area contributed by atoms with E-state index in [4.69, 9.17) is 9.47 Å². The fraction of sp³-hybridized carbons (Fsp3) is 0.562. The van der Waals surface area contributed by atoms with E-state index in [-0.39, 0.29) is 12.6 Å². The molecular weight excluding hydrogens is 254 g/mol. The largest absolute Gasteiger partial charge is 0.454 e. The first-order valence-corrected chi connectivity index (χ1v) is 7.32. The van der Waals surface area contributed by atoms with E-state index in [1.807, 2.05) is 12.1 Å². The minimum atomic E-state index is 0.163. The van der Waals surface area contributed by atoms with Gasteiger partial charge in [0.15, 0.2) is 17.3 Å². The first kappa shape index (κ1) is 13.4. The Morgan fingerprint density at radius 1 is 1.35 bits per heavy atom. The third kappa shape index (κ3) is 2.52. The molecule has 0 radical (unpaired) electrons. The van der Waals surface area contributed by atoms with E-state index in [0.717, 1.165) is 12.3 Å². The van der Waals surface area contributed by atoms with Crippen LogP contribution in [0.15, 0.2) is 18.2 Å². The number of hydrogen-bond donors (Lipinski definition) is 0. The van der Waals surface area contributed by atoms with E-state index in [2.05, 4.69) is 18.7 Å². The summed E-state index contributed by atoms with van der Waals surface area (Å²) in [5, 5.41) is 0. The van der Waals surface area contributed by atoms with Crippen LogP contribution < -0.4 is 9.47 Å². The molecule has 0 spiro atoms. The van der Waals surface area contributed by atoms with Crippen molar-refractivity contribution in [2.24, 2.45) is 5.92 Å². The van der Waals surface area contributed by atoms with E-state index in [0.29, 0.717) is 29.8 Å². The molecule has 4 nitrogen and oxygen atoms in total. The van der Waals surface area contributed by atoms with Gasteiger partial charge in [-0.25, -0.2) is 0 Å². The highest BCUT2D eigenvalue weighted by Gasteiger charge is 2.29. The normalized spacial score (nSPS) is 21.6. The third-order valence-electron chi connectivity index (χ3n) is 4.23. The lowest BCUT2D eigenvalue weighted by atomic mass is 10.0. The number of ketones is 1. The molecule has 2 aliphatic rings. The average Bonchev–Trinajstić information content (AvgIpc) is 3.05. The molecule has 1 saturated heterocycles. The van der Waals surface area contributed by atoms with Gasteiger partial charge in [0.25, 0.3) is 0 Å². The van der Waals surface area contributed by atoms with Crippen molar-refractivity contribution in [3.05, 3.63) is 23.8 Å². The Morgan fingerprint density at radius 2 is 2.15 bits per heavy atom. The van der Waals surface area contributed by atoms with Crippen LogP contribution in [0.5, 0.6) is 11.5 Å². The third-order valence-corrected chi connectivity index (χ3v) is 4.23. The lowest BCUT2D eigenvalue weighted by molar-refractivity contribution is 0.0903. The zero-order valence-electron chi connectivity index (χ0n) is 12.1. The summed E-state index contributed by atoms with van der Waals surface area (Å²) in [4.78, 5) is 14.7. The second kappa shape index (κ2) is 5.44. The predicted molar refractivity (Wildman–Crippen MR) is 76.3 cm³/mol. The number of nitrogens with zero attached hydrogens (tertiary/aromatic N) is 1. The van der Waals surface area contributed by atoms with Crippen molar-refractivity contribution in [2.75, 3.05) is 19.9 Å². The molecule has 108 valence electrons. The van der Waals surface area contributed by atoms with E-state index in [1.54, 1.807) is 6.07 Å². The summed E-state index contributed by atoms with van der Waals surface area (Å²) in [6.45, 7) is 6.23. The van der Waals surface area contributed by atoms with E-state index in [9.17, 15) is 4.79 Å². The molecular formula is C16H21NO3. The molecule has 4 heteroatoms. The molecule has 3 rings (SSSR count). The number of fused-ring (bicyclic) bond motifs is 1. The molecule has 0 bridgehead atoms. The molecule has 20 heavy (non-hydrogen) atoms. The van der Waals surface area contributed by atoms with Crippen molar-refractivity contribution in [3.63, 3.8) is 0 Å². The molecule has 0 amide bonds. The molecule has 0 N–H and O–H groups in total. The van der Waals surface area contributed by atoms with Gasteiger partial charge in [-0.3, -0.25) is 9.69 Å². The van der Waals surface area contributed by atoms with E-state index < -0.39 is 0 Å². The van der Waals surface area contributed by atoms with Gasteiger partial charge < -0.3 is 9.47 Å². The number of likely N-dealkylation sites (tertiary alicyclic amines) is 1. The maximum Gasteiger partial charge on any atom is 0.231 e. The van der Waals surface area contributed by atoms with Crippen LogP contribution in [0.3, 0.4) is 0 Å². The highest BCUT2D eigenvalue weighted by molar-refractivity contribution is 5.98. The Hall–Kier alpha value is -1.55. The molecule has 2 heterocycles. The van der Waals surface area contributed by atoms with Crippen LogP contribution in [-0.4, -0.2) is 36.6 Å². The summed E-state index contributed by atoms with van der Waals surface area (Å²) in [6.07, 6.45) is 2.39. The Morgan fingerprint density at radius 3 is 2.95 bits per heavy atom. The summed E-state index contributed by atoms with van der Waals surface area (Å²) < 4.78 is 10.6. The zero-order valence-corrected chi connectivity index (χ0v) is 12.1. The molecule has 1 aromatic carbocycles. The molecule has 2 aliphatic heterocycles. The molecule has 1 aromatic rings. The maximum atomic E-state index is 12.4. The minimum Gasteiger partial charge on any atom is -0.454 e. The number of Topliss-reactive ketones (excluding diaryl/α,β-unsaturated/α-hetero) is 1. The standard InChI is InChI=1S/C16H21NO3/c1-11(2)13-4-3-7-17(13)9-14(18)12-5-6-15-16(8-12)20-10-19-15/h5-6,8,11,13H,3-4,7,9-10H2,1-2H3. The monoisotopic (exact) mass is 275 g/mol. The van der Waals surface area contributed by atoms with Gasteiger partial charge >= 0.3 is 0 Å². The van der Waals surface area contributed by atoms with Gasteiger partial charge in [-0.1, -0.05) is 13.8 Å². The summed E-state index contributed by atoms with van der Waals surface area (Å²) in [5.41, 5.74) is 0.712. The van der Waals surface area contributed by atoms with Gasteiger partial charge in [0.2, 0.25) is 6.79 Å². The second-order valence-corrected chi connectivity index (χ2v) is 5.92. The van der Waals surface area contributed by atoms with E-state index >= 15 is 0 Å². The predicted octanol–water partition coefficient (Wildman–Crippen LogP) is 2.72. The lowest BCUT2D eigenvalue weighted by Gasteiger charge is -2.26. The zero-order chi connectivity index (χ0) is 14.1. The number of carbonyl (C=O) groups is 1. The molecule has 1 atom stereocenters. The maximum absolute atomic E-state index is 12.4. The van der Waals surface area contributed by atoms with Crippen molar-refractivity contribution in [1.82, 2.24) is 4.90 Å². The summed E-state index contributed by atoms with van der Waals surface area (Å²) in [6, 6.07) is 5.98. The Balaban J connectivity index is 1.70. The molecule has 0 saturated carbocycles. The van der Waals surface area contributed by atoms with Gasteiger partial charge in [-0.2, -0.15) is 0 Å². The van der Waals surface area contributed by atoms with Crippen molar-refractivity contribution >= 4 is 5.78 Å². The fourth-order valence-corrected chi connectivity index (χ4v) is 3.15. The molecule has 0 aromatic heterocycles. The van der Waals surface area contributed by atoms with Gasteiger partial charge in [0, 0.05) is 11.6 Å². The molecule has 1 unspecified atom stereocenters. The number of carbonyl (C=O) groups excluding carboxylic acids is 1. The highest BCUT2D eigenvalue weighted by Crippen LogP contribution is 2.33. The first-order chi connectivity index (χ1) is 9.65. The van der Waals surface area contributed by atoms with Gasteiger partial charge in [-0.05, 0) is 43.5 Å². The van der Waals surface area contributed by atoms with Crippen LogP contribution in [0.4, 0.5) is 0 Å². The molecule has 0 aliphatic carbocycles. The van der Waals surface area contributed by atoms with Crippen LogP contribution in [0.1, 0.15) is 37.0 Å². The number of ether oxygens (including phenoxy) is 2. The smallest absolute Gasteiger partial charge is 0.231 e. The number of rotatable bonds is 4. The summed E-state index contributed by atoms with van der Waals surface area (Å²) >= 11 is 0. The minimum absolute atomic E-state index is 0.163. The van der Waals surface area contributed by atoms with Crippen molar-refractivity contribution in [3.8, 4) is 11.5 Å². The van der Waals surface area contributed by atoms with Gasteiger partial charge in [0.05, 0.1) is 6.54 Å². The summed E-state index contributed by atoms with van der Waals surface area (Å²) in [5.74, 6) is 2.17. The van der Waals surface area contributed by atoms with Crippen molar-refractivity contribution in [2.45, 2.75) is 32.7 Å². The van der Waals surface area contributed by atoms with Crippen LogP contribution in [0, 0.1) is 5.92 Å². The van der Waals surface area contributed by atoms with Crippen molar-refractivity contribution < 1.29 is 14.3 Å². The highest BCUT2D eigenvalue weighted by atomic mass is 16.7. The second-order valence-electron chi connectivity index (χ2n) is 5.92. The van der Waals surface area contributed by atoms with Crippen LogP contribution in [0.2, 0.25) is 0 Å². The number of benzene rings is 1. The summed E-state index contributed by atoms with van der Waals surface area (Å²) in [7, 11) is 0. The molecule has 1 fully saturated rings. The van der Waals surface area contributed by atoms with E-state index in [1.165, 1.54) is 12.8 Å². The SMILES string of the molecule is CC(C)C1CCCN1CC(=O)c1ccc2c(c1)OCO2. The van der Waals surface area contributed by atoms with Crippen LogP contribution >= 0.6 is 0 Å². The first-order valence-electron chi connectivity index (χ1n) is 7.32. The van der Waals surface area contributed by atoms with Crippen molar-refractivity contribution in [1.29, 1.82) is 0 Å². The fourth-order valence-electron chi connectivity index (χ4n) is 3.15. The lowest BCUT2D eigenvalue weighted by Crippen LogP contribution is -2.37. The quantitative estimate of drug-likeness (QED) is 0.792. The Bertz CT molecular complexity index is 512. The topological polar surface area (TPSA) is 38.8 Å². The van der Waals surface area contributed by atoms with Crippen LogP contribution in [-0.2, 0) is 0 Å². The Labute approximate surface area is 119 Å². The van der Waals surface area contributed by atoms with Gasteiger partial charge in [0.1, 0.15) is 0 Å². The number of hydrogen-bond acceptors (Lipinski definition) is 4. The average molecular weight is 275 g/mol. The Kier molecular flexibility index (Phi) is 3.66. The van der Waals surface area contributed by atoms with Crippen LogP contribution in [0.25, 0.3) is 0 Å². The van der Waals surface area contributed by atoms with Gasteiger partial charge in [-0.15, -0.1) is 0 Å².